The van der Waals surface area contributed by atoms with Gasteiger partial charge in [0.2, 0.25) is 0 Å². The number of methoxy groups -OCH3 is 1. The van der Waals surface area contributed by atoms with Gasteiger partial charge in [0.25, 0.3) is 0 Å². The smallest absolute Gasteiger partial charge is 0.302 e. The minimum absolute atomic E-state index is 0.0316. The van der Waals surface area contributed by atoms with Gasteiger partial charge in [-0.25, -0.2) is 0 Å². The predicted octanol–water partition coefficient (Wildman–Crippen LogP) is 1.30. The van der Waals surface area contributed by atoms with Crippen molar-refractivity contribution in [2.45, 2.75) is 26.1 Å². The highest BCUT2D eigenvalue weighted by molar-refractivity contribution is 5.65. The number of hydrogen-bond donors (Lipinski definition) is 1. The standard InChI is InChI=1S/C13H18O4/c1-10(14)17-9-13(15)7-11-4-3-5-12(6-11)8-16-2/h3-6,13,15H,7-9H2,1-2H3. The Hall–Kier alpha value is -1.39. The van der Waals surface area contributed by atoms with Crippen LogP contribution in [0.1, 0.15) is 18.1 Å². The lowest BCUT2D eigenvalue weighted by atomic mass is 10.1. The van der Waals surface area contributed by atoms with Crippen LogP contribution < -0.4 is 0 Å². The summed E-state index contributed by atoms with van der Waals surface area (Å²) in [4.78, 5) is 10.6. The fraction of sp³-hybridized carbons (Fsp3) is 0.462. The van der Waals surface area contributed by atoms with E-state index in [0.29, 0.717) is 13.0 Å². The van der Waals surface area contributed by atoms with Crippen LogP contribution in [0.15, 0.2) is 24.3 Å². The molecule has 94 valence electrons. The first kappa shape index (κ1) is 13.7. The molecule has 0 aliphatic rings. The fourth-order valence-electron chi connectivity index (χ4n) is 1.56. The molecule has 0 radical (unpaired) electrons. The minimum Gasteiger partial charge on any atom is -0.463 e. The molecule has 0 spiro atoms. The van der Waals surface area contributed by atoms with E-state index in [1.165, 1.54) is 6.92 Å². The van der Waals surface area contributed by atoms with Crippen LogP contribution in [0.3, 0.4) is 0 Å². The van der Waals surface area contributed by atoms with Gasteiger partial charge in [-0.2, -0.15) is 0 Å². The summed E-state index contributed by atoms with van der Waals surface area (Å²) >= 11 is 0. The monoisotopic (exact) mass is 238 g/mol. The Kier molecular flexibility index (Phi) is 5.66. The molecule has 1 aromatic rings. The number of aliphatic hydroxyl groups excluding tert-OH is 1. The molecule has 0 saturated carbocycles. The number of carbonyl (C=O) groups is 1. The first-order valence-corrected chi connectivity index (χ1v) is 5.50. The van der Waals surface area contributed by atoms with Gasteiger partial charge in [-0.1, -0.05) is 24.3 Å². The average Bonchev–Trinajstić information content (AvgIpc) is 2.27. The summed E-state index contributed by atoms with van der Waals surface area (Å²) in [5.41, 5.74) is 2.06. The molecule has 0 bridgehead atoms. The van der Waals surface area contributed by atoms with Crippen LogP contribution in [0.25, 0.3) is 0 Å². The SMILES string of the molecule is COCc1cccc(CC(O)COC(C)=O)c1. The van der Waals surface area contributed by atoms with Gasteiger partial charge in [-0.15, -0.1) is 0 Å². The number of benzene rings is 1. The summed E-state index contributed by atoms with van der Waals surface area (Å²) in [6.45, 7) is 1.91. The third-order valence-corrected chi connectivity index (χ3v) is 2.25. The Bertz CT molecular complexity index is 362. The second-order valence-electron chi connectivity index (χ2n) is 3.91. The lowest BCUT2D eigenvalue weighted by molar-refractivity contribution is -0.143. The molecule has 1 atom stereocenters. The maximum atomic E-state index is 10.6. The number of aliphatic hydroxyl groups is 1. The first-order chi connectivity index (χ1) is 8.11. The van der Waals surface area contributed by atoms with E-state index in [1.54, 1.807) is 7.11 Å². The van der Waals surface area contributed by atoms with Crippen LogP contribution >= 0.6 is 0 Å². The summed E-state index contributed by atoms with van der Waals surface area (Å²) in [6.07, 6.45) is -0.207. The van der Waals surface area contributed by atoms with Gasteiger partial charge in [-0.3, -0.25) is 4.79 Å². The molecule has 0 heterocycles. The van der Waals surface area contributed by atoms with Crippen molar-refractivity contribution < 1.29 is 19.4 Å². The predicted molar refractivity (Wildman–Crippen MR) is 63.5 cm³/mol. The van der Waals surface area contributed by atoms with Crippen LogP contribution in [0.5, 0.6) is 0 Å². The molecule has 4 heteroatoms. The number of rotatable bonds is 6. The highest BCUT2D eigenvalue weighted by Gasteiger charge is 2.07. The number of carbonyl (C=O) groups excluding carboxylic acids is 1. The third-order valence-electron chi connectivity index (χ3n) is 2.25. The largest absolute Gasteiger partial charge is 0.463 e. The third kappa shape index (κ3) is 5.47. The van der Waals surface area contributed by atoms with Gasteiger partial charge < -0.3 is 14.6 Å². The zero-order valence-corrected chi connectivity index (χ0v) is 10.2. The molecular weight excluding hydrogens is 220 g/mol. The first-order valence-electron chi connectivity index (χ1n) is 5.50. The van der Waals surface area contributed by atoms with Gasteiger partial charge >= 0.3 is 5.97 Å². The normalized spacial score (nSPS) is 12.2. The topological polar surface area (TPSA) is 55.8 Å². The van der Waals surface area contributed by atoms with Crippen molar-refractivity contribution >= 4 is 5.97 Å². The van der Waals surface area contributed by atoms with Gasteiger partial charge in [-0.05, 0) is 11.1 Å². The number of hydrogen-bond acceptors (Lipinski definition) is 4. The van der Waals surface area contributed by atoms with Crippen LogP contribution in [0, 0.1) is 0 Å². The second kappa shape index (κ2) is 7.04. The molecule has 0 aliphatic carbocycles. The molecule has 1 aromatic carbocycles. The van der Waals surface area contributed by atoms with Gasteiger partial charge in [0.05, 0.1) is 12.7 Å². The lowest BCUT2D eigenvalue weighted by Crippen LogP contribution is -2.19. The van der Waals surface area contributed by atoms with Gasteiger partial charge in [0, 0.05) is 20.5 Å². The maximum Gasteiger partial charge on any atom is 0.302 e. The van der Waals surface area contributed by atoms with Gasteiger partial charge in [0.15, 0.2) is 0 Å². The van der Waals surface area contributed by atoms with E-state index in [9.17, 15) is 9.90 Å². The van der Waals surface area contributed by atoms with Crippen LogP contribution in [0.2, 0.25) is 0 Å². The average molecular weight is 238 g/mol. The fourth-order valence-corrected chi connectivity index (χ4v) is 1.56. The van der Waals surface area contributed by atoms with Crippen molar-refractivity contribution in [2.24, 2.45) is 0 Å². The van der Waals surface area contributed by atoms with Crippen LogP contribution in [-0.2, 0) is 27.3 Å². The second-order valence-corrected chi connectivity index (χ2v) is 3.91. The molecule has 0 amide bonds. The highest BCUT2D eigenvalue weighted by Crippen LogP contribution is 2.09. The Labute approximate surface area is 101 Å². The zero-order chi connectivity index (χ0) is 12.7. The molecule has 4 nitrogen and oxygen atoms in total. The highest BCUT2D eigenvalue weighted by atomic mass is 16.5. The van der Waals surface area contributed by atoms with Crippen molar-refractivity contribution in [2.75, 3.05) is 13.7 Å². The summed E-state index contributed by atoms with van der Waals surface area (Å²) in [5, 5.41) is 9.66. The van der Waals surface area contributed by atoms with Crippen LogP contribution in [0.4, 0.5) is 0 Å². The van der Waals surface area contributed by atoms with E-state index in [0.717, 1.165) is 11.1 Å². The van der Waals surface area contributed by atoms with Crippen LogP contribution in [-0.4, -0.2) is 30.9 Å². The molecule has 0 saturated heterocycles. The lowest BCUT2D eigenvalue weighted by Gasteiger charge is -2.11. The van der Waals surface area contributed by atoms with E-state index in [2.05, 4.69) is 0 Å². The van der Waals surface area contributed by atoms with Crippen molar-refractivity contribution in [1.82, 2.24) is 0 Å². The Balaban J connectivity index is 2.49. The molecular formula is C13H18O4. The molecule has 1 unspecified atom stereocenters. The maximum absolute atomic E-state index is 10.6. The summed E-state index contributed by atoms with van der Waals surface area (Å²) in [5.74, 6) is -0.378. The number of ether oxygens (including phenoxy) is 2. The molecule has 1 N–H and O–H groups in total. The Morgan fingerprint density at radius 2 is 2.12 bits per heavy atom. The van der Waals surface area contributed by atoms with Crippen molar-refractivity contribution in [3.05, 3.63) is 35.4 Å². The summed E-state index contributed by atoms with van der Waals surface area (Å²) in [7, 11) is 1.64. The van der Waals surface area contributed by atoms with E-state index >= 15 is 0 Å². The Morgan fingerprint density at radius 1 is 1.41 bits per heavy atom. The zero-order valence-electron chi connectivity index (χ0n) is 10.2. The molecule has 0 fully saturated rings. The van der Waals surface area contributed by atoms with E-state index in [-0.39, 0.29) is 12.6 Å². The molecule has 17 heavy (non-hydrogen) atoms. The van der Waals surface area contributed by atoms with Crippen molar-refractivity contribution in [3.63, 3.8) is 0 Å². The van der Waals surface area contributed by atoms with Crippen molar-refractivity contribution in [3.8, 4) is 0 Å². The molecule has 0 aliphatic heterocycles. The number of esters is 1. The quantitative estimate of drug-likeness (QED) is 0.759. The summed E-state index contributed by atoms with van der Waals surface area (Å²) in [6, 6.07) is 7.78. The van der Waals surface area contributed by atoms with Gasteiger partial charge in [0.1, 0.15) is 6.61 Å². The minimum atomic E-state index is -0.670. The molecule has 1 rings (SSSR count). The summed E-state index contributed by atoms with van der Waals surface area (Å²) < 4.78 is 9.77. The van der Waals surface area contributed by atoms with E-state index < -0.39 is 6.10 Å². The van der Waals surface area contributed by atoms with E-state index in [1.807, 2.05) is 24.3 Å². The van der Waals surface area contributed by atoms with Crippen molar-refractivity contribution in [1.29, 1.82) is 0 Å². The van der Waals surface area contributed by atoms with E-state index in [4.69, 9.17) is 9.47 Å². The molecule has 0 aromatic heterocycles. The Morgan fingerprint density at radius 3 is 2.76 bits per heavy atom.